The van der Waals surface area contributed by atoms with Gasteiger partial charge in [0, 0.05) is 36.2 Å². The van der Waals surface area contributed by atoms with Gasteiger partial charge < -0.3 is 10.2 Å². The van der Waals surface area contributed by atoms with Crippen LogP contribution in [-0.2, 0) is 16.1 Å². The largest absolute Gasteiger partial charge is 0.326 e. The first-order valence-corrected chi connectivity index (χ1v) is 13.2. The number of likely N-dealkylation sites (tertiary alicyclic amines) is 1. The number of carbonyl (C=O) groups excluding carboxylic acids is 3. The van der Waals surface area contributed by atoms with Gasteiger partial charge in [-0.15, -0.1) is 0 Å². The van der Waals surface area contributed by atoms with Gasteiger partial charge in [0.05, 0.1) is 12.1 Å². The number of hydrogen-bond acceptors (Lipinski definition) is 7. The normalized spacial score (nSPS) is 17.0. The Bertz CT molecular complexity index is 1570. The van der Waals surface area contributed by atoms with Gasteiger partial charge in [0.15, 0.2) is 5.78 Å². The standard InChI is InChI=1S/C27H25BrFN7O3/c1-3-22(37)26-19-9-16(17-11-30-15(2)31-12-17)7-8-20(19)36(34-26)14-25(38)35-13-18(29)10-21(35)27(39)33-24-6-4-5-23(28)32-24/h4-9,11-12,18,21H,3,10,13-14H2,1-2H3,(H,32,33,39)/t18-,21+/m1/s1. The maximum absolute atomic E-state index is 14.5. The summed E-state index contributed by atoms with van der Waals surface area (Å²) < 4.78 is 16.4. The number of pyridine rings is 1. The van der Waals surface area contributed by atoms with Gasteiger partial charge in [-0.2, -0.15) is 5.10 Å². The molecule has 1 aliphatic rings. The number of nitrogens with one attached hydrogen (secondary N) is 1. The van der Waals surface area contributed by atoms with Gasteiger partial charge in [-0.3, -0.25) is 19.1 Å². The van der Waals surface area contributed by atoms with E-state index in [1.165, 1.54) is 9.58 Å². The zero-order valence-corrected chi connectivity index (χ0v) is 22.9. The van der Waals surface area contributed by atoms with Crippen LogP contribution in [0.3, 0.4) is 0 Å². The Morgan fingerprint density at radius 3 is 2.62 bits per heavy atom. The first kappa shape index (κ1) is 26.5. The summed E-state index contributed by atoms with van der Waals surface area (Å²) in [6.45, 7) is 3.07. The SMILES string of the molecule is CCC(=O)c1nn(CC(=O)N2C[C@H](F)C[C@H]2C(=O)Nc2cccc(Br)n2)c2ccc(-c3cnc(C)nc3)cc12. The number of rotatable bonds is 7. The molecule has 39 heavy (non-hydrogen) atoms. The number of fused-ring (bicyclic) bond motifs is 1. The fourth-order valence-electron chi connectivity index (χ4n) is 4.61. The lowest BCUT2D eigenvalue weighted by atomic mass is 10.0. The minimum absolute atomic E-state index is 0.118. The molecule has 0 aliphatic carbocycles. The second-order valence-corrected chi connectivity index (χ2v) is 10.1. The minimum Gasteiger partial charge on any atom is -0.326 e. The molecule has 1 aromatic carbocycles. The number of hydrogen-bond donors (Lipinski definition) is 1. The van der Waals surface area contributed by atoms with E-state index in [4.69, 9.17) is 0 Å². The average molecular weight is 594 g/mol. The van der Waals surface area contributed by atoms with Gasteiger partial charge in [0.25, 0.3) is 0 Å². The van der Waals surface area contributed by atoms with Crippen molar-refractivity contribution < 1.29 is 18.8 Å². The van der Waals surface area contributed by atoms with Crippen LogP contribution in [0.5, 0.6) is 0 Å². The van der Waals surface area contributed by atoms with Crippen molar-refractivity contribution in [2.24, 2.45) is 0 Å². The van der Waals surface area contributed by atoms with Crippen molar-refractivity contribution in [2.75, 3.05) is 11.9 Å². The number of nitrogens with zero attached hydrogens (tertiary/aromatic N) is 6. The van der Waals surface area contributed by atoms with E-state index in [1.807, 2.05) is 12.1 Å². The highest BCUT2D eigenvalue weighted by molar-refractivity contribution is 9.10. The fraction of sp³-hybridized carbons (Fsp3) is 0.296. The molecule has 200 valence electrons. The number of halogens is 2. The molecule has 4 aromatic rings. The zero-order chi connectivity index (χ0) is 27.7. The number of aromatic nitrogens is 5. The van der Waals surface area contributed by atoms with E-state index < -0.39 is 24.0 Å². The molecule has 1 saturated heterocycles. The third kappa shape index (κ3) is 5.56. The van der Waals surface area contributed by atoms with Gasteiger partial charge in [-0.25, -0.2) is 19.3 Å². The summed E-state index contributed by atoms with van der Waals surface area (Å²) in [6, 6.07) is 9.47. The predicted octanol–water partition coefficient (Wildman–Crippen LogP) is 4.13. The molecular weight excluding hydrogens is 569 g/mol. The van der Waals surface area contributed by atoms with E-state index >= 15 is 0 Å². The maximum Gasteiger partial charge on any atom is 0.248 e. The molecule has 5 rings (SSSR count). The molecule has 10 nitrogen and oxygen atoms in total. The fourth-order valence-corrected chi connectivity index (χ4v) is 4.95. The molecule has 1 fully saturated rings. The summed E-state index contributed by atoms with van der Waals surface area (Å²) in [5, 5.41) is 7.71. The topological polar surface area (TPSA) is 123 Å². The van der Waals surface area contributed by atoms with Crippen molar-refractivity contribution in [2.45, 2.75) is 45.4 Å². The van der Waals surface area contributed by atoms with Crippen LogP contribution in [-0.4, -0.2) is 66.0 Å². The Morgan fingerprint density at radius 1 is 1.13 bits per heavy atom. The summed E-state index contributed by atoms with van der Waals surface area (Å²) in [5.74, 6) is -0.239. The molecule has 1 N–H and O–H groups in total. The highest BCUT2D eigenvalue weighted by Gasteiger charge is 2.40. The first-order valence-electron chi connectivity index (χ1n) is 12.4. The molecule has 2 atom stereocenters. The van der Waals surface area contributed by atoms with E-state index in [0.717, 1.165) is 11.1 Å². The Labute approximate surface area is 231 Å². The van der Waals surface area contributed by atoms with Crippen LogP contribution in [0, 0.1) is 6.92 Å². The molecule has 4 heterocycles. The minimum atomic E-state index is -1.34. The number of Topliss-reactive ketones (excluding diaryl/α,β-unsaturated/α-hetero) is 1. The number of benzene rings is 1. The third-order valence-electron chi connectivity index (χ3n) is 6.57. The van der Waals surface area contributed by atoms with Crippen LogP contribution >= 0.6 is 15.9 Å². The van der Waals surface area contributed by atoms with Crippen molar-refractivity contribution in [1.29, 1.82) is 0 Å². The molecule has 0 unspecified atom stereocenters. The summed E-state index contributed by atoms with van der Waals surface area (Å²) >= 11 is 3.25. The van der Waals surface area contributed by atoms with Crippen LogP contribution in [0.4, 0.5) is 10.2 Å². The number of ketones is 1. The highest BCUT2D eigenvalue weighted by atomic mass is 79.9. The predicted molar refractivity (Wildman–Crippen MR) is 146 cm³/mol. The van der Waals surface area contributed by atoms with Crippen molar-refractivity contribution >= 4 is 50.2 Å². The molecule has 1 aliphatic heterocycles. The zero-order valence-electron chi connectivity index (χ0n) is 21.3. The van der Waals surface area contributed by atoms with Gasteiger partial charge in [-0.1, -0.05) is 19.1 Å². The summed E-state index contributed by atoms with van der Waals surface area (Å²) in [6.07, 6.45) is 2.18. The summed E-state index contributed by atoms with van der Waals surface area (Å²) in [4.78, 5) is 53.0. The molecule has 0 spiro atoms. The van der Waals surface area contributed by atoms with Crippen molar-refractivity contribution in [3.05, 3.63) is 64.9 Å². The Kier molecular flexibility index (Phi) is 7.47. The van der Waals surface area contributed by atoms with Crippen LogP contribution < -0.4 is 5.32 Å². The van der Waals surface area contributed by atoms with Gasteiger partial charge in [0.1, 0.15) is 40.7 Å². The molecule has 2 amide bonds. The van der Waals surface area contributed by atoms with E-state index in [9.17, 15) is 18.8 Å². The summed E-state index contributed by atoms with van der Waals surface area (Å²) in [7, 11) is 0. The molecule has 12 heteroatoms. The lowest BCUT2D eigenvalue weighted by molar-refractivity contribution is -0.137. The highest BCUT2D eigenvalue weighted by Crippen LogP contribution is 2.28. The first-order chi connectivity index (χ1) is 18.7. The Morgan fingerprint density at radius 2 is 1.90 bits per heavy atom. The number of aryl methyl sites for hydroxylation is 1. The third-order valence-corrected chi connectivity index (χ3v) is 7.02. The lowest BCUT2D eigenvalue weighted by Gasteiger charge is -2.23. The molecule has 0 radical (unpaired) electrons. The van der Waals surface area contributed by atoms with Gasteiger partial charge >= 0.3 is 0 Å². The molecule has 3 aromatic heterocycles. The molecule has 0 bridgehead atoms. The lowest BCUT2D eigenvalue weighted by Crippen LogP contribution is -2.44. The molecular formula is C27H25BrFN7O3. The van der Waals surface area contributed by atoms with Crippen LogP contribution in [0.2, 0.25) is 0 Å². The maximum atomic E-state index is 14.5. The number of alkyl halides is 1. The second-order valence-electron chi connectivity index (χ2n) is 9.26. The van der Waals surface area contributed by atoms with E-state index in [1.54, 1.807) is 50.5 Å². The number of carbonyl (C=O) groups is 3. The molecule has 0 saturated carbocycles. The average Bonchev–Trinajstić information content (AvgIpc) is 3.49. The van der Waals surface area contributed by atoms with Crippen LogP contribution in [0.15, 0.2) is 53.4 Å². The van der Waals surface area contributed by atoms with E-state index in [-0.39, 0.29) is 37.4 Å². The Hall–Kier alpha value is -4.06. The number of amides is 2. The van der Waals surface area contributed by atoms with Crippen molar-refractivity contribution in [1.82, 2.24) is 29.6 Å². The number of anilines is 1. The van der Waals surface area contributed by atoms with Gasteiger partial charge in [0.2, 0.25) is 11.8 Å². The van der Waals surface area contributed by atoms with E-state index in [0.29, 0.717) is 27.1 Å². The van der Waals surface area contributed by atoms with Crippen LogP contribution in [0.25, 0.3) is 22.0 Å². The van der Waals surface area contributed by atoms with Crippen LogP contribution in [0.1, 0.15) is 36.1 Å². The van der Waals surface area contributed by atoms with Crippen molar-refractivity contribution in [3.8, 4) is 11.1 Å². The van der Waals surface area contributed by atoms with Crippen molar-refractivity contribution in [3.63, 3.8) is 0 Å². The monoisotopic (exact) mass is 593 g/mol. The van der Waals surface area contributed by atoms with Gasteiger partial charge in [-0.05, 0) is 52.7 Å². The summed E-state index contributed by atoms with van der Waals surface area (Å²) in [5.41, 5.74) is 2.40. The smallest absolute Gasteiger partial charge is 0.248 e. The van der Waals surface area contributed by atoms with E-state index in [2.05, 4.69) is 41.3 Å². The quantitative estimate of drug-likeness (QED) is 0.252. The second kappa shape index (κ2) is 11.0. The Balaban J connectivity index is 1.42.